The first kappa shape index (κ1) is 11.1. The lowest BCUT2D eigenvalue weighted by Gasteiger charge is -2.10. The molecule has 0 unspecified atom stereocenters. The van der Waals surface area contributed by atoms with Crippen molar-refractivity contribution in [3.8, 4) is 5.75 Å². The highest BCUT2D eigenvalue weighted by Gasteiger charge is 2.06. The number of halogens is 1. The van der Waals surface area contributed by atoms with E-state index in [9.17, 15) is 10.2 Å². The molecular formula is C11H13ClO2. The van der Waals surface area contributed by atoms with E-state index in [1.807, 2.05) is 0 Å². The monoisotopic (exact) mass is 212 g/mol. The fourth-order valence-electron chi connectivity index (χ4n) is 0.953. The summed E-state index contributed by atoms with van der Waals surface area (Å²) in [7, 11) is 0. The van der Waals surface area contributed by atoms with Gasteiger partial charge in [0, 0.05) is 10.6 Å². The summed E-state index contributed by atoms with van der Waals surface area (Å²) in [6.45, 7) is 3.32. The largest absolute Gasteiger partial charge is 0.507 e. The van der Waals surface area contributed by atoms with Gasteiger partial charge in [0.2, 0.25) is 0 Å². The van der Waals surface area contributed by atoms with Gasteiger partial charge < -0.3 is 10.2 Å². The lowest BCUT2D eigenvalue weighted by atomic mass is 10.1. The number of rotatable bonds is 2. The molecule has 14 heavy (non-hydrogen) atoms. The van der Waals surface area contributed by atoms with Gasteiger partial charge in [-0.1, -0.05) is 23.8 Å². The van der Waals surface area contributed by atoms with Crippen molar-refractivity contribution < 1.29 is 10.2 Å². The topological polar surface area (TPSA) is 40.5 Å². The molecule has 2 nitrogen and oxygen atoms in total. The van der Waals surface area contributed by atoms with E-state index in [4.69, 9.17) is 11.6 Å². The molecule has 0 amide bonds. The van der Waals surface area contributed by atoms with E-state index in [-0.39, 0.29) is 5.75 Å². The summed E-state index contributed by atoms with van der Waals surface area (Å²) in [6, 6.07) is 4.77. The third kappa shape index (κ3) is 3.40. The van der Waals surface area contributed by atoms with Gasteiger partial charge in [-0.25, -0.2) is 0 Å². The molecule has 1 aromatic rings. The number of phenols is 1. The summed E-state index contributed by atoms with van der Waals surface area (Å²) in [5.41, 5.74) is -0.297. The molecule has 0 aliphatic rings. The van der Waals surface area contributed by atoms with Crippen molar-refractivity contribution in [3.63, 3.8) is 0 Å². The van der Waals surface area contributed by atoms with E-state index < -0.39 is 5.60 Å². The third-order valence-corrected chi connectivity index (χ3v) is 1.90. The molecule has 2 N–H and O–H groups in total. The van der Waals surface area contributed by atoms with Crippen LogP contribution in [0.4, 0.5) is 0 Å². The quantitative estimate of drug-likeness (QED) is 0.792. The van der Waals surface area contributed by atoms with Crippen LogP contribution in [0, 0.1) is 0 Å². The molecular weight excluding hydrogens is 200 g/mol. The molecule has 0 aliphatic heterocycles. The van der Waals surface area contributed by atoms with Gasteiger partial charge in [-0.2, -0.15) is 0 Å². The van der Waals surface area contributed by atoms with Gasteiger partial charge in [0.15, 0.2) is 0 Å². The van der Waals surface area contributed by atoms with Crippen LogP contribution in [0.5, 0.6) is 5.75 Å². The number of phenolic OH excluding ortho intramolecular Hbond substituents is 1. The summed E-state index contributed by atoms with van der Waals surface area (Å²) < 4.78 is 0. The molecule has 0 aromatic heterocycles. The molecule has 0 aliphatic carbocycles. The van der Waals surface area contributed by atoms with Gasteiger partial charge in [0.25, 0.3) is 0 Å². The molecule has 0 saturated carbocycles. The summed E-state index contributed by atoms with van der Waals surface area (Å²) >= 11 is 5.76. The van der Waals surface area contributed by atoms with E-state index in [2.05, 4.69) is 0 Å². The van der Waals surface area contributed by atoms with Crippen LogP contribution < -0.4 is 0 Å². The zero-order valence-corrected chi connectivity index (χ0v) is 8.92. The minimum atomic E-state index is -0.894. The Morgan fingerprint density at radius 1 is 1.36 bits per heavy atom. The maximum absolute atomic E-state index is 9.44. The van der Waals surface area contributed by atoms with Crippen LogP contribution in [0.25, 0.3) is 6.08 Å². The standard InChI is InChI=1S/C11H13ClO2/c1-11(2,14)6-5-8-7-9(12)3-4-10(8)13/h3-7,13-14H,1-2H3. The summed E-state index contributed by atoms with van der Waals surface area (Å²) in [5, 5.41) is 19.4. The summed E-state index contributed by atoms with van der Waals surface area (Å²) in [4.78, 5) is 0. The molecule has 0 fully saturated rings. The fraction of sp³-hybridized carbons (Fsp3) is 0.273. The smallest absolute Gasteiger partial charge is 0.122 e. The highest BCUT2D eigenvalue weighted by Crippen LogP contribution is 2.23. The Bertz CT molecular complexity index is 351. The van der Waals surface area contributed by atoms with Crippen molar-refractivity contribution in [2.45, 2.75) is 19.4 Å². The second kappa shape index (κ2) is 4.03. The Morgan fingerprint density at radius 2 is 2.00 bits per heavy atom. The van der Waals surface area contributed by atoms with E-state index in [1.165, 1.54) is 6.07 Å². The molecule has 1 rings (SSSR count). The minimum absolute atomic E-state index is 0.148. The lowest BCUT2D eigenvalue weighted by molar-refractivity contribution is 0.134. The zero-order chi connectivity index (χ0) is 10.8. The molecule has 0 radical (unpaired) electrons. The zero-order valence-electron chi connectivity index (χ0n) is 8.16. The van der Waals surface area contributed by atoms with Crippen molar-refractivity contribution in [2.24, 2.45) is 0 Å². The predicted octanol–water partition coefficient (Wildman–Crippen LogP) is 2.83. The van der Waals surface area contributed by atoms with Crippen LogP contribution in [0.1, 0.15) is 19.4 Å². The van der Waals surface area contributed by atoms with E-state index >= 15 is 0 Å². The number of hydrogen-bond donors (Lipinski definition) is 2. The Hall–Kier alpha value is -0.990. The summed E-state index contributed by atoms with van der Waals surface area (Å²) in [5.74, 6) is 0.148. The van der Waals surface area contributed by atoms with Crippen molar-refractivity contribution in [1.29, 1.82) is 0 Å². The van der Waals surface area contributed by atoms with Gasteiger partial charge in [-0.15, -0.1) is 0 Å². The number of aromatic hydroxyl groups is 1. The lowest BCUT2D eigenvalue weighted by Crippen LogP contribution is -2.13. The normalized spacial score (nSPS) is 12.3. The van der Waals surface area contributed by atoms with Crippen LogP contribution >= 0.6 is 11.6 Å². The van der Waals surface area contributed by atoms with Gasteiger partial charge in [0.1, 0.15) is 5.75 Å². The first-order valence-corrected chi connectivity index (χ1v) is 4.66. The average Bonchev–Trinajstić information content (AvgIpc) is 2.05. The first-order valence-electron chi connectivity index (χ1n) is 4.28. The third-order valence-electron chi connectivity index (χ3n) is 1.66. The van der Waals surface area contributed by atoms with Crippen LogP contribution in [0.2, 0.25) is 5.02 Å². The molecule has 0 atom stereocenters. The number of hydrogen-bond acceptors (Lipinski definition) is 2. The molecule has 0 bridgehead atoms. The predicted molar refractivity (Wildman–Crippen MR) is 58.4 cm³/mol. The Kier molecular flexibility index (Phi) is 3.19. The van der Waals surface area contributed by atoms with Gasteiger partial charge in [0.05, 0.1) is 5.60 Å². The highest BCUT2D eigenvalue weighted by atomic mass is 35.5. The van der Waals surface area contributed by atoms with Crippen molar-refractivity contribution in [3.05, 3.63) is 34.9 Å². The molecule has 1 aromatic carbocycles. The van der Waals surface area contributed by atoms with Crippen LogP contribution in [-0.4, -0.2) is 15.8 Å². The van der Waals surface area contributed by atoms with Gasteiger partial charge in [-0.3, -0.25) is 0 Å². The Balaban J connectivity index is 2.97. The van der Waals surface area contributed by atoms with Gasteiger partial charge >= 0.3 is 0 Å². The summed E-state index contributed by atoms with van der Waals surface area (Å²) in [6.07, 6.45) is 3.24. The Labute approximate surface area is 88.5 Å². The van der Waals surface area contributed by atoms with E-state index in [0.717, 1.165) is 0 Å². The van der Waals surface area contributed by atoms with Crippen LogP contribution in [-0.2, 0) is 0 Å². The minimum Gasteiger partial charge on any atom is -0.507 e. The number of benzene rings is 1. The average molecular weight is 213 g/mol. The first-order chi connectivity index (χ1) is 6.38. The highest BCUT2D eigenvalue weighted by molar-refractivity contribution is 6.30. The molecule has 0 spiro atoms. The van der Waals surface area contributed by atoms with Crippen molar-refractivity contribution in [1.82, 2.24) is 0 Å². The second-order valence-corrected chi connectivity index (χ2v) is 4.13. The Morgan fingerprint density at radius 3 is 2.57 bits per heavy atom. The van der Waals surface area contributed by atoms with Crippen molar-refractivity contribution in [2.75, 3.05) is 0 Å². The maximum atomic E-state index is 9.44. The SMILES string of the molecule is CC(C)(O)C=Cc1cc(Cl)ccc1O. The van der Waals surface area contributed by atoms with E-state index in [0.29, 0.717) is 10.6 Å². The second-order valence-electron chi connectivity index (χ2n) is 3.69. The fourth-order valence-corrected chi connectivity index (χ4v) is 1.13. The number of aliphatic hydroxyl groups is 1. The van der Waals surface area contributed by atoms with Crippen LogP contribution in [0.15, 0.2) is 24.3 Å². The molecule has 0 heterocycles. The van der Waals surface area contributed by atoms with E-state index in [1.54, 1.807) is 38.1 Å². The van der Waals surface area contributed by atoms with Crippen molar-refractivity contribution >= 4 is 17.7 Å². The molecule has 0 saturated heterocycles. The van der Waals surface area contributed by atoms with Crippen LogP contribution in [0.3, 0.4) is 0 Å². The molecule has 3 heteroatoms. The maximum Gasteiger partial charge on any atom is 0.122 e. The molecule has 76 valence electrons. The van der Waals surface area contributed by atoms with Gasteiger partial charge in [-0.05, 0) is 32.0 Å².